The van der Waals surface area contributed by atoms with Crippen molar-refractivity contribution in [2.75, 3.05) is 6.54 Å². The van der Waals surface area contributed by atoms with Gasteiger partial charge in [-0.05, 0) is 37.5 Å². The number of fused-ring (bicyclic) bond motifs is 1. The molecule has 0 unspecified atom stereocenters. The number of nitrogens with one attached hydrogen (secondary N) is 2. The highest BCUT2D eigenvalue weighted by Gasteiger charge is 2.32. The Hall–Kier alpha value is -1.32. The molecular formula is C14H23N3O. The first-order valence-electron chi connectivity index (χ1n) is 6.77. The van der Waals surface area contributed by atoms with Gasteiger partial charge >= 0.3 is 0 Å². The highest BCUT2D eigenvalue weighted by molar-refractivity contribution is 5.94. The Labute approximate surface area is 109 Å². The second-order valence-electron chi connectivity index (χ2n) is 6.19. The molecule has 0 bridgehead atoms. The van der Waals surface area contributed by atoms with E-state index >= 15 is 0 Å². The van der Waals surface area contributed by atoms with Crippen LogP contribution >= 0.6 is 0 Å². The summed E-state index contributed by atoms with van der Waals surface area (Å²) >= 11 is 0. The Morgan fingerprint density at radius 2 is 2.22 bits per heavy atom. The van der Waals surface area contributed by atoms with Crippen LogP contribution in [-0.4, -0.2) is 22.6 Å². The van der Waals surface area contributed by atoms with Gasteiger partial charge in [-0.3, -0.25) is 9.89 Å². The maximum Gasteiger partial charge on any atom is 0.272 e. The predicted molar refractivity (Wildman–Crippen MR) is 71.6 cm³/mol. The summed E-state index contributed by atoms with van der Waals surface area (Å²) in [5.74, 6) is 0.570. The van der Waals surface area contributed by atoms with E-state index in [9.17, 15) is 4.79 Å². The minimum Gasteiger partial charge on any atom is -0.351 e. The second-order valence-corrected chi connectivity index (χ2v) is 6.19. The maximum absolute atomic E-state index is 11.9. The lowest BCUT2D eigenvalue weighted by Gasteiger charge is -2.33. The summed E-state index contributed by atoms with van der Waals surface area (Å²) in [6.07, 6.45) is 3.14. The van der Waals surface area contributed by atoms with E-state index in [0.29, 0.717) is 18.2 Å². The number of H-pyrrole nitrogens is 1. The summed E-state index contributed by atoms with van der Waals surface area (Å²) in [5.41, 5.74) is 3.16. The van der Waals surface area contributed by atoms with E-state index in [1.54, 1.807) is 0 Å². The van der Waals surface area contributed by atoms with Crippen molar-refractivity contribution in [1.29, 1.82) is 0 Å². The number of hydrogen-bond acceptors (Lipinski definition) is 2. The van der Waals surface area contributed by atoms with Crippen LogP contribution in [0.4, 0.5) is 0 Å². The second kappa shape index (κ2) is 4.75. The smallest absolute Gasteiger partial charge is 0.272 e. The number of aromatic nitrogens is 2. The fourth-order valence-electron chi connectivity index (χ4n) is 2.67. The zero-order valence-electron chi connectivity index (χ0n) is 11.8. The zero-order valence-corrected chi connectivity index (χ0v) is 11.8. The van der Waals surface area contributed by atoms with Crippen LogP contribution in [0.1, 0.15) is 55.9 Å². The molecule has 2 N–H and O–H groups in total. The molecule has 100 valence electrons. The highest BCUT2D eigenvalue weighted by Crippen LogP contribution is 2.37. The summed E-state index contributed by atoms with van der Waals surface area (Å²) in [7, 11) is 0. The molecular weight excluding hydrogens is 226 g/mol. The number of carbonyl (C=O) groups excluding carboxylic acids is 1. The number of rotatable bonds is 2. The van der Waals surface area contributed by atoms with Crippen LogP contribution in [0.3, 0.4) is 0 Å². The van der Waals surface area contributed by atoms with Gasteiger partial charge in [0.05, 0.1) is 0 Å². The van der Waals surface area contributed by atoms with Gasteiger partial charge < -0.3 is 5.32 Å². The minimum absolute atomic E-state index is 0.0513. The summed E-state index contributed by atoms with van der Waals surface area (Å²) in [6.45, 7) is 9.38. The average molecular weight is 249 g/mol. The number of aryl methyl sites for hydroxylation is 1. The lowest BCUT2D eigenvalue weighted by molar-refractivity contribution is 0.0948. The molecule has 18 heavy (non-hydrogen) atoms. The van der Waals surface area contributed by atoms with Gasteiger partial charge in [0.15, 0.2) is 5.69 Å². The molecule has 1 amide bonds. The molecule has 0 fully saturated rings. The van der Waals surface area contributed by atoms with Gasteiger partial charge in [-0.1, -0.05) is 20.8 Å². The molecule has 0 saturated carbocycles. The third-order valence-corrected chi connectivity index (χ3v) is 3.92. The van der Waals surface area contributed by atoms with Crippen molar-refractivity contribution in [3.05, 3.63) is 17.0 Å². The number of amides is 1. The van der Waals surface area contributed by atoms with Crippen LogP contribution in [0.5, 0.6) is 0 Å². The van der Waals surface area contributed by atoms with Crippen LogP contribution in [0, 0.1) is 11.3 Å². The summed E-state index contributed by atoms with van der Waals surface area (Å²) in [4.78, 5) is 11.9. The number of aromatic amines is 1. The molecule has 0 aliphatic heterocycles. The first-order chi connectivity index (χ1) is 8.43. The van der Waals surface area contributed by atoms with Gasteiger partial charge in [-0.2, -0.15) is 5.10 Å². The largest absolute Gasteiger partial charge is 0.351 e. The van der Waals surface area contributed by atoms with Crippen LogP contribution in [0.25, 0.3) is 0 Å². The quantitative estimate of drug-likeness (QED) is 0.845. The van der Waals surface area contributed by atoms with Crippen LogP contribution in [0.2, 0.25) is 0 Å². The van der Waals surface area contributed by atoms with Gasteiger partial charge in [-0.25, -0.2) is 0 Å². The molecule has 1 aliphatic carbocycles. The maximum atomic E-state index is 11.9. The molecule has 1 aliphatic rings. The summed E-state index contributed by atoms with van der Waals surface area (Å²) < 4.78 is 0. The molecule has 1 atom stereocenters. The molecule has 0 radical (unpaired) electrons. The fraction of sp³-hybridized carbons (Fsp3) is 0.714. The van der Waals surface area contributed by atoms with E-state index in [2.05, 4.69) is 36.3 Å². The fourth-order valence-corrected chi connectivity index (χ4v) is 2.67. The van der Waals surface area contributed by atoms with Crippen molar-refractivity contribution < 1.29 is 4.79 Å². The molecule has 4 nitrogen and oxygen atoms in total. The van der Waals surface area contributed by atoms with Crippen molar-refractivity contribution in [1.82, 2.24) is 15.5 Å². The van der Waals surface area contributed by atoms with E-state index in [4.69, 9.17) is 0 Å². The normalized spacial score (nSPS) is 19.4. The molecule has 0 saturated heterocycles. The lowest BCUT2D eigenvalue weighted by atomic mass is 9.71. The van der Waals surface area contributed by atoms with Crippen molar-refractivity contribution in [2.45, 2.75) is 47.0 Å². The van der Waals surface area contributed by atoms with Gasteiger partial charge in [0.1, 0.15) is 0 Å². The molecule has 0 spiro atoms. The average Bonchev–Trinajstić information content (AvgIpc) is 2.70. The highest BCUT2D eigenvalue weighted by atomic mass is 16.1. The van der Waals surface area contributed by atoms with Crippen molar-refractivity contribution in [3.63, 3.8) is 0 Å². The topological polar surface area (TPSA) is 57.8 Å². The molecule has 1 aromatic rings. The Balaban J connectivity index is 2.24. The standard InChI is InChI=1S/C14H23N3O/c1-5-15-13(18)12-10-8-9(14(2,3)4)6-7-11(10)16-17-12/h9H,5-8H2,1-4H3,(H,15,18)(H,16,17)/t9-/m0/s1. The van der Waals surface area contributed by atoms with E-state index < -0.39 is 0 Å². The van der Waals surface area contributed by atoms with Gasteiger partial charge in [0, 0.05) is 17.8 Å². The monoisotopic (exact) mass is 249 g/mol. The Kier molecular flexibility index (Phi) is 3.46. The van der Waals surface area contributed by atoms with E-state index in [-0.39, 0.29) is 11.3 Å². The third kappa shape index (κ3) is 2.42. The first-order valence-corrected chi connectivity index (χ1v) is 6.77. The van der Waals surface area contributed by atoms with E-state index in [1.807, 2.05) is 6.92 Å². The summed E-state index contributed by atoms with van der Waals surface area (Å²) in [5, 5.41) is 10.1. The number of hydrogen-bond donors (Lipinski definition) is 2. The van der Waals surface area contributed by atoms with E-state index in [0.717, 1.165) is 24.1 Å². The Morgan fingerprint density at radius 3 is 2.83 bits per heavy atom. The van der Waals surface area contributed by atoms with Gasteiger partial charge in [-0.15, -0.1) is 0 Å². The summed E-state index contributed by atoms with van der Waals surface area (Å²) in [6, 6.07) is 0. The Morgan fingerprint density at radius 1 is 1.50 bits per heavy atom. The Bertz CT molecular complexity index is 442. The SMILES string of the molecule is CCNC(=O)c1n[nH]c2c1C[C@@H](C(C)(C)C)CC2. The van der Waals surface area contributed by atoms with Crippen LogP contribution in [0.15, 0.2) is 0 Å². The van der Waals surface area contributed by atoms with Crippen LogP contribution in [-0.2, 0) is 12.8 Å². The van der Waals surface area contributed by atoms with Crippen molar-refractivity contribution >= 4 is 5.91 Å². The minimum atomic E-state index is -0.0513. The number of nitrogens with zero attached hydrogens (tertiary/aromatic N) is 1. The van der Waals surface area contributed by atoms with Crippen molar-refractivity contribution in [3.8, 4) is 0 Å². The zero-order chi connectivity index (χ0) is 13.3. The van der Waals surface area contributed by atoms with Crippen molar-refractivity contribution in [2.24, 2.45) is 11.3 Å². The predicted octanol–water partition coefficient (Wildman–Crippen LogP) is 2.31. The van der Waals surface area contributed by atoms with Gasteiger partial charge in [0.25, 0.3) is 5.91 Å². The molecule has 2 rings (SSSR count). The molecule has 0 aromatic carbocycles. The molecule has 1 aromatic heterocycles. The van der Waals surface area contributed by atoms with E-state index in [1.165, 1.54) is 6.42 Å². The molecule has 1 heterocycles. The number of carbonyl (C=O) groups is 1. The third-order valence-electron chi connectivity index (χ3n) is 3.92. The lowest BCUT2D eigenvalue weighted by Crippen LogP contribution is -2.29. The first kappa shape index (κ1) is 13.1. The van der Waals surface area contributed by atoms with Crippen LogP contribution < -0.4 is 5.32 Å². The van der Waals surface area contributed by atoms with Gasteiger partial charge in [0.2, 0.25) is 0 Å². The molecule has 4 heteroatoms.